The first-order valence-corrected chi connectivity index (χ1v) is 46.9. The molecule has 10 heteroatoms. The Morgan fingerprint density at radius 1 is 0.137 bits per heavy atom. The lowest BCUT2D eigenvalue weighted by molar-refractivity contribution is 0.669. The number of nitrogens with zero attached hydrogens (tertiary/aromatic N) is 5. The molecule has 0 atom stereocenters. The van der Waals surface area contributed by atoms with Gasteiger partial charge in [-0.25, -0.2) is 0 Å². The summed E-state index contributed by atoms with van der Waals surface area (Å²) in [5.74, 6) is 0. The van der Waals surface area contributed by atoms with Gasteiger partial charge in [0.1, 0.15) is 22.3 Å². The Kier molecular flexibility index (Phi) is 19.5. The quantitative estimate of drug-likeness (QED) is 0.120. The average Bonchev–Trinajstić information content (AvgIpc) is 1.28. The summed E-state index contributed by atoms with van der Waals surface area (Å²) < 4.78 is 23.0. The first-order valence-electron chi connectivity index (χ1n) is 46.9. The second-order valence-corrected chi connectivity index (χ2v) is 35.5. The summed E-state index contributed by atoms with van der Waals surface area (Å²) in [7, 11) is 0. The Morgan fingerprint density at radius 3 is 0.770 bits per heavy atom. The molecule has 0 aliphatic heterocycles. The van der Waals surface area contributed by atoms with Crippen molar-refractivity contribution in [1.82, 2.24) is 22.8 Å². The van der Waals surface area contributed by atoms with E-state index in [4.69, 9.17) is 8.83 Å². The van der Waals surface area contributed by atoms with Crippen molar-refractivity contribution in [3.8, 4) is 95.2 Å². The van der Waals surface area contributed by atoms with Crippen LogP contribution in [0.5, 0.6) is 0 Å². The van der Waals surface area contributed by atoms with Crippen LogP contribution in [-0.4, -0.2) is 22.8 Å². The van der Waals surface area contributed by atoms with E-state index in [2.05, 4.69) is 337 Å². The number of benzene rings is 21. The highest BCUT2D eigenvalue weighted by Gasteiger charge is 2.24. The van der Waals surface area contributed by atoms with E-state index in [0.29, 0.717) is 10.8 Å². The van der Waals surface area contributed by atoms with E-state index >= 15 is 0 Å². The van der Waals surface area contributed by atoms with Gasteiger partial charge in [-0.3, -0.25) is 28.1 Å². The van der Waals surface area contributed by atoms with Crippen molar-refractivity contribution in [1.29, 1.82) is 0 Å². The molecule has 28 aromatic rings. The van der Waals surface area contributed by atoms with E-state index < -0.39 is 0 Å². The van der Waals surface area contributed by atoms with Crippen LogP contribution in [0.3, 0.4) is 0 Å². The molecule has 0 spiro atoms. The summed E-state index contributed by atoms with van der Waals surface area (Å²) in [5.41, 5.74) is 28.5. The molecule has 10 nitrogen and oxygen atoms in total. The van der Waals surface area contributed by atoms with Crippen LogP contribution in [0.4, 0.5) is 0 Å². The molecule has 0 bridgehead atoms. The highest BCUT2D eigenvalue weighted by atomic mass is 16.3. The monoisotopic (exact) mass is 1780 g/mol. The van der Waals surface area contributed by atoms with Crippen molar-refractivity contribution in [3.63, 3.8) is 0 Å². The van der Waals surface area contributed by atoms with Crippen LogP contribution in [0.1, 0.15) is 0 Å². The number of furan rings is 2. The second-order valence-electron chi connectivity index (χ2n) is 35.5. The lowest BCUT2D eigenvalue weighted by Crippen LogP contribution is -2.19. The molecular weight excluding hydrogens is 1700 g/mol. The van der Waals surface area contributed by atoms with Gasteiger partial charge < -0.3 is 18.0 Å². The number of hydrogen-bond donors (Lipinski definition) is 0. The second kappa shape index (κ2) is 33.4. The minimum absolute atomic E-state index is 0.00224. The van der Waals surface area contributed by atoms with Gasteiger partial charge in [-0.1, -0.05) is 328 Å². The number of aromatic nitrogens is 5. The molecule has 0 aliphatic carbocycles. The minimum atomic E-state index is -0.0562. The molecule has 0 radical (unpaired) electrons. The molecule has 0 N–H and O–H groups in total. The predicted octanol–water partition coefficient (Wildman–Crippen LogP) is 32.4. The number of fused-ring (bicyclic) bond motifs is 21. The SMILES string of the molecule is O=c1c2ccc(-c3cccc4c3oc3ccccc34)cc2c2cc(-c3cccc4c3oc3ccccc34)ccc2n1-c1ccccc1.O=c1c2ccc(-c3ccccc3)cc2c2cc(-c3ccccc3)ccc2n1-c1ccc(-c2ccc(-n3c4ccccc4c4ccccc43)cc2)cc1.O=c1c2ccccc2c2cc(-c3ccc(-n4c5ccccc5c5ccccc54)cc3)ccc2n1-c1ccccc1. The first kappa shape index (κ1) is 81.0. The molecule has 652 valence electrons. The lowest BCUT2D eigenvalue weighted by atomic mass is 9.95. The van der Waals surface area contributed by atoms with Gasteiger partial charge in [0.05, 0.1) is 38.6 Å². The fourth-order valence-electron chi connectivity index (χ4n) is 21.2. The average molecular weight is 1780 g/mol. The maximum atomic E-state index is 14.4. The Morgan fingerprint density at radius 2 is 0.374 bits per heavy atom. The third kappa shape index (κ3) is 13.7. The van der Waals surface area contributed by atoms with Crippen molar-refractivity contribution in [2.24, 2.45) is 0 Å². The highest BCUT2D eigenvalue weighted by Crippen LogP contribution is 2.44. The van der Waals surface area contributed by atoms with Crippen LogP contribution >= 0.6 is 0 Å². The zero-order valence-corrected chi connectivity index (χ0v) is 75.0. The summed E-state index contributed by atoms with van der Waals surface area (Å²) in [5, 5.41) is 17.3. The van der Waals surface area contributed by atoms with Crippen molar-refractivity contribution in [2.75, 3.05) is 0 Å². The van der Waals surface area contributed by atoms with Crippen molar-refractivity contribution >= 4 is 153 Å². The molecule has 139 heavy (non-hydrogen) atoms. The molecule has 0 fully saturated rings. The molecule has 0 saturated heterocycles. The van der Waals surface area contributed by atoms with Gasteiger partial charge in [0.2, 0.25) is 0 Å². The topological polar surface area (TPSA) is 102 Å². The van der Waals surface area contributed by atoms with Gasteiger partial charge >= 0.3 is 0 Å². The van der Waals surface area contributed by atoms with E-state index in [1.165, 1.54) is 43.6 Å². The molecule has 28 rings (SSSR count). The van der Waals surface area contributed by atoms with Crippen LogP contribution in [0.15, 0.2) is 515 Å². The first-order chi connectivity index (χ1) is 68.7. The molecule has 7 aromatic heterocycles. The van der Waals surface area contributed by atoms with Crippen molar-refractivity contribution in [2.45, 2.75) is 0 Å². The van der Waals surface area contributed by atoms with Crippen LogP contribution in [0, 0.1) is 0 Å². The zero-order valence-electron chi connectivity index (χ0n) is 75.0. The molecule has 21 aromatic carbocycles. The highest BCUT2D eigenvalue weighted by molar-refractivity contribution is 6.17. The molecule has 0 unspecified atom stereocenters. The largest absolute Gasteiger partial charge is 0.455 e. The zero-order chi connectivity index (χ0) is 92.3. The van der Waals surface area contributed by atoms with Gasteiger partial charge in [0.15, 0.2) is 0 Å². The van der Waals surface area contributed by atoms with Gasteiger partial charge in [0.25, 0.3) is 16.7 Å². The molecule has 0 amide bonds. The molecule has 0 aliphatic rings. The maximum Gasteiger partial charge on any atom is 0.263 e. The molecular formula is C129H81N5O5. The van der Waals surface area contributed by atoms with E-state index in [0.717, 1.165) is 193 Å². The third-order valence-electron chi connectivity index (χ3n) is 27.7. The van der Waals surface area contributed by atoms with Crippen molar-refractivity contribution in [3.05, 3.63) is 522 Å². The van der Waals surface area contributed by atoms with Crippen LogP contribution < -0.4 is 16.7 Å². The van der Waals surface area contributed by atoms with Gasteiger partial charge in [0, 0.05) is 115 Å². The van der Waals surface area contributed by atoms with Crippen LogP contribution in [0.25, 0.3) is 248 Å². The van der Waals surface area contributed by atoms with Gasteiger partial charge in [-0.05, 0) is 236 Å². The Hall–Kier alpha value is -18.8. The van der Waals surface area contributed by atoms with Crippen LogP contribution in [0.2, 0.25) is 0 Å². The lowest BCUT2D eigenvalue weighted by Gasteiger charge is -2.16. The van der Waals surface area contributed by atoms with E-state index in [1.807, 2.05) is 177 Å². The Labute approximate surface area is 796 Å². The van der Waals surface area contributed by atoms with E-state index in [-0.39, 0.29) is 16.7 Å². The van der Waals surface area contributed by atoms with E-state index in [1.54, 1.807) is 0 Å². The molecule has 0 saturated carbocycles. The smallest absolute Gasteiger partial charge is 0.263 e. The summed E-state index contributed by atoms with van der Waals surface area (Å²) in [6.45, 7) is 0. The summed E-state index contributed by atoms with van der Waals surface area (Å²) in [4.78, 5) is 42.3. The van der Waals surface area contributed by atoms with Gasteiger partial charge in [-0.2, -0.15) is 0 Å². The number of hydrogen-bond acceptors (Lipinski definition) is 5. The minimum Gasteiger partial charge on any atom is -0.455 e. The number of pyridine rings is 3. The fraction of sp³-hybridized carbons (Fsp3) is 0. The normalized spacial score (nSPS) is 11.7. The number of para-hydroxylation sites is 10. The summed E-state index contributed by atoms with van der Waals surface area (Å²) in [6.07, 6.45) is 0. The fourth-order valence-corrected chi connectivity index (χ4v) is 21.2. The summed E-state index contributed by atoms with van der Waals surface area (Å²) >= 11 is 0. The van der Waals surface area contributed by atoms with Crippen molar-refractivity contribution < 1.29 is 8.83 Å². The predicted molar refractivity (Wildman–Crippen MR) is 577 cm³/mol. The van der Waals surface area contributed by atoms with E-state index in [9.17, 15) is 14.4 Å². The van der Waals surface area contributed by atoms with Gasteiger partial charge in [-0.15, -0.1) is 0 Å². The van der Waals surface area contributed by atoms with Crippen LogP contribution in [-0.2, 0) is 0 Å². The Balaban J connectivity index is 0.000000108. The Bertz CT molecular complexity index is 9900. The standard InChI is InChI=1S/C49H32N2O.C43H25NO3.C37H24N2O/c52-49-43-29-23-37(33-11-3-1-4-12-33)31-44(43)45-32-38(34-13-5-2-6-14-34)24-30-48(45)51(49)40-27-21-36(22-28-40)35-19-25-39(26-20-35)50-46-17-9-7-15-41(46)42-16-8-10-18-47(42)50;45-43-35-22-20-26(29-14-8-16-33-31-12-4-6-18-39(31)46-41(29)33)24-36(35)37-25-27(21-23-38(37)44(43)28-10-2-1-3-11-28)30-15-9-17-34-32-13-5-7-19-40(32)47-42(30)34;40-37-32-15-5-4-12-29(32)33-24-26(20-23-36(33)39(37)27-10-2-1-3-11-27)25-18-21-28(22-19-25)38-34-16-8-6-13-30(34)31-14-7-9-17-35(31)38/h1-32H;1-25H;1-24H. The molecule has 7 heterocycles. The third-order valence-corrected chi connectivity index (χ3v) is 27.7. The summed E-state index contributed by atoms with van der Waals surface area (Å²) in [6, 6.07) is 169. The number of rotatable bonds is 11. The maximum absolute atomic E-state index is 14.4.